The van der Waals surface area contributed by atoms with E-state index in [9.17, 15) is 4.79 Å². The molecule has 0 radical (unpaired) electrons. The fourth-order valence-corrected chi connectivity index (χ4v) is 0.886. The van der Waals surface area contributed by atoms with Gasteiger partial charge in [0.25, 0.3) is 0 Å². The number of allylic oxidation sites excluding steroid dienone is 1. The highest BCUT2D eigenvalue weighted by Gasteiger charge is 2.24. The predicted molar refractivity (Wildman–Crippen MR) is 34.9 cm³/mol. The molecule has 2 aliphatic heterocycles. The van der Waals surface area contributed by atoms with E-state index >= 15 is 0 Å². The van der Waals surface area contributed by atoms with Crippen molar-refractivity contribution in [3.05, 3.63) is 11.9 Å². The summed E-state index contributed by atoms with van der Waals surface area (Å²) in [5, 5.41) is 0. The van der Waals surface area contributed by atoms with Gasteiger partial charge < -0.3 is 0 Å². The zero-order valence-electron chi connectivity index (χ0n) is 5.16. The molecule has 0 spiro atoms. The Bertz CT molecular complexity index is 232. The summed E-state index contributed by atoms with van der Waals surface area (Å²) in [6.07, 6.45) is 3.40. The third-order valence-corrected chi connectivity index (χ3v) is 1.39. The van der Waals surface area contributed by atoms with Crippen LogP contribution in [0.3, 0.4) is 0 Å². The average Bonchev–Trinajstić information content (AvgIpc) is 2.34. The summed E-state index contributed by atoms with van der Waals surface area (Å²) in [5.74, 6) is 0.764. The zero-order valence-corrected chi connectivity index (χ0v) is 5.16. The van der Waals surface area contributed by atoms with Crippen molar-refractivity contribution in [3.63, 3.8) is 0 Å². The van der Waals surface area contributed by atoms with Crippen molar-refractivity contribution in [2.24, 2.45) is 4.99 Å². The van der Waals surface area contributed by atoms with Crippen LogP contribution in [0.25, 0.3) is 0 Å². The van der Waals surface area contributed by atoms with E-state index in [1.165, 1.54) is 4.90 Å². The summed E-state index contributed by atoms with van der Waals surface area (Å²) in [6.45, 7) is 0.407. The Kier molecular flexibility index (Phi) is 0.913. The molecule has 0 aromatic rings. The van der Waals surface area contributed by atoms with Crippen LogP contribution in [0, 0.1) is 0 Å². The highest BCUT2D eigenvalue weighted by Crippen LogP contribution is 2.07. The van der Waals surface area contributed by atoms with E-state index < -0.39 is 0 Å². The van der Waals surface area contributed by atoms with Gasteiger partial charge in [-0.3, -0.25) is 15.3 Å². The molecule has 0 bridgehead atoms. The van der Waals surface area contributed by atoms with E-state index in [0.29, 0.717) is 6.67 Å². The fourth-order valence-electron chi connectivity index (χ4n) is 0.886. The number of aliphatic imine (C=N–C) groups is 1. The fraction of sp³-hybridized carbons (Fsp3) is 0.200. The summed E-state index contributed by atoms with van der Waals surface area (Å²) in [6, 6.07) is -0.150. The van der Waals surface area contributed by atoms with Crippen LogP contribution in [0.5, 0.6) is 0 Å². The van der Waals surface area contributed by atoms with Crippen molar-refractivity contribution in [2.75, 3.05) is 6.67 Å². The molecule has 2 heterocycles. The molecule has 5 nitrogen and oxygen atoms in total. The van der Waals surface area contributed by atoms with Crippen LogP contribution in [-0.2, 0) is 0 Å². The summed E-state index contributed by atoms with van der Waals surface area (Å²) < 4.78 is 0. The number of carbonyl (C=O) groups excluding carboxylic acids is 1. The minimum absolute atomic E-state index is 0.150. The molecule has 0 saturated carbocycles. The molecule has 0 atom stereocenters. The molecule has 2 N–H and O–H groups in total. The summed E-state index contributed by atoms with van der Waals surface area (Å²) in [4.78, 5) is 16.3. The third kappa shape index (κ3) is 0.570. The molecule has 1 saturated heterocycles. The van der Waals surface area contributed by atoms with Crippen LogP contribution < -0.4 is 10.9 Å². The van der Waals surface area contributed by atoms with E-state index in [1.54, 1.807) is 12.3 Å². The number of nitrogens with zero attached hydrogens (tertiary/aromatic N) is 2. The maximum absolute atomic E-state index is 10.8. The SMILES string of the molecule is O=C1NNC2=CC=NCN12. The van der Waals surface area contributed by atoms with Crippen molar-refractivity contribution in [3.8, 4) is 0 Å². The van der Waals surface area contributed by atoms with Crippen LogP contribution in [-0.4, -0.2) is 23.8 Å². The Labute approximate surface area is 57.4 Å². The number of carbonyl (C=O) groups is 1. The zero-order chi connectivity index (χ0) is 6.97. The monoisotopic (exact) mass is 138 g/mol. The number of hydrogen-bond donors (Lipinski definition) is 2. The first-order chi connectivity index (χ1) is 4.88. The number of nitrogens with one attached hydrogen (secondary N) is 2. The van der Waals surface area contributed by atoms with Gasteiger partial charge in [0.15, 0.2) is 0 Å². The standard InChI is InChI=1S/C5H6N4O/c10-5-8-7-4-1-2-6-3-9(4)5/h1-2,7H,3H2,(H,8,10). The minimum Gasteiger partial charge on any atom is -0.282 e. The quantitative estimate of drug-likeness (QED) is 0.469. The van der Waals surface area contributed by atoms with Crippen molar-refractivity contribution < 1.29 is 4.79 Å². The highest BCUT2D eigenvalue weighted by atomic mass is 16.2. The predicted octanol–water partition coefficient (Wildman–Crippen LogP) is -0.601. The molecular weight excluding hydrogens is 132 g/mol. The smallest absolute Gasteiger partial charge is 0.282 e. The molecule has 0 aliphatic carbocycles. The van der Waals surface area contributed by atoms with Crippen molar-refractivity contribution in [2.45, 2.75) is 0 Å². The minimum atomic E-state index is -0.150. The van der Waals surface area contributed by atoms with Crippen molar-refractivity contribution in [1.82, 2.24) is 15.8 Å². The third-order valence-electron chi connectivity index (χ3n) is 1.39. The molecule has 10 heavy (non-hydrogen) atoms. The van der Waals surface area contributed by atoms with E-state index in [1.807, 2.05) is 0 Å². The van der Waals surface area contributed by atoms with E-state index in [-0.39, 0.29) is 6.03 Å². The van der Waals surface area contributed by atoms with Crippen molar-refractivity contribution in [1.29, 1.82) is 0 Å². The van der Waals surface area contributed by atoms with Gasteiger partial charge in [-0.2, -0.15) is 0 Å². The molecule has 2 amide bonds. The Morgan fingerprint density at radius 3 is 3.30 bits per heavy atom. The van der Waals surface area contributed by atoms with Gasteiger partial charge in [0.1, 0.15) is 12.5 Å². The lowest BCUT2D eigenvalue weighted by Gasteiger charge is -2.13. The highest BCUT2D eigenvalue weighted by molar-refractivity contribution is 5.83. The summed E-state index contributed by atoms with van der Waals surface area (Å²) >= 11 is 0. The van der Waals surface area contributed by atoms with Gasteiger partial charge in [-0.15, -0.1) is 0 Å². The van der Waals surface area contributed by atoms with Crippen molar-refractivity contribution >= 4 is 12.2 Å². The van der Waals surface area contributed by atoms with Crippen LogP contribution >= 0.6 is 0 Å². The number of amides is 2. The largest absolute Gasteiger partial charge is 0.343 e. The summed E-state index contributed by atoms with van der Waals surface area (Å²) in [5.41, 5.74) is 5.15. The molecule has 2 aliphatic rings. The van der Waals surface area contributed by atoms with E-state index in [2.05, 4.69) is 15.8 Å². The molecule has 1 fully saturated rings. The van der Waals surface area contributed by atoms with Gasteiger partial charge in [0.05, 0.1) is 0 Å². The Morgan fingerprint density at radius 2 is 2.50 bits per heavy atom. The number of hydrogen-bond acceptors (Lipinski definition) is 3. The molecule has 0 aromatic carbocycles. The molecule has 52 valence electrons. The second kappa shape index (κ2) is 1.73. The first-order valence-electron chi connectivity index (χ1n) is 2.91. The molecular formula is C5H6N4O. The summed E-state index contributed by atoms with van der Waals surface area (Å²) in [7, 11) is 0. The number of fused-ring (bicyclic) bond motifs is 1. The Hall–Kier alpha value is -1.52. The maximum Gasteiger partial charge on any atom is 0.343 e. The number of hydrazine groups is 1. The van der Waals surface area contributed by atoms with E-state index in [0.717, 1.165) is 5.82 Å². The van der Waals surface area contributed by atoms with Crippen LogP contribution in [0.4, 0.5) is 4.79 Å². The second-order valence-electron chi connectivity index (χ2n) is 2.01. The van der Waals surface area contributed by atoms with Crippen LogP contribution in [0.1, 0.15) is 0 Å². The molecule has 2 rings (SSSR count). The number of urea groups is 1. The lowest BCUT2D eigenvalue weighted by atomic mass is 10.5. The molecule has 0 aromatic heterocycles. The number of rotatable bonds is 0. The lowest BCUT2D eigenvalue weighted by Crippen LogP contribution is -2.29. The maximum atomic E-state index is 10.8. The normalized spacial score (nSPS) is 21.4. The Balaban J connectivity index is 2.31. The van der Waals surface area contributed by atoms with Gasteiger partial charge in [-0.05, 0) is 6.08 Å². The Morgan fingerprint density at radius 1 is 1.60 bits per heavy atom. The van der Waals surface area contributed by atoms with Gasteiger partial charge in [-0.25, -0.2) is 10.2 Å². The van der Waals surface area contributed by atoms with Gasteiger partial charge in [0, 0.05) is 6.21 Å². The van der Waals surface area contributed by atoms with Crippen LogP contribution in [0.2, 0.25) is 0 Å². The first kappa shape index (κ1) is 5.28. The first-order valence-corrected chi connectivity index (χ1v) is 2.91. The lowest BCUT2D eigenvalue weighted by molar-refractivity contribution is 0.224. The van der Waals surface area contributed by atoms with E-state index in [4.69, 9.17) is 0 Å². The average molecular weight is 138 g/mol. The van der Waals surface area contributed by atoms with Crippen LogP contribution in [0.15, 0.2) is 16.9 Å². The molecule has 0 unspecified atom stereocenters. The topological polar surface area (TPSA) is 56.7 Å². The van der Waals surface area contributed by atoms with Gasteiger partial charge >= 0.3 is 6.03 Å². The second-order valence-corrected chi connectivity index (χ2v) is 2.01. The van der Waals surface area contributed by atoms with Gasteiger partial charge in [-0.1, -0.05) is 0 Å². The van der Waals surface area contributed by atoms with Gasteiger partial charge in [0.2, 0.25) is 0 Å². The molecule has 5 heteroatoms.